The predicted molar refractivity (Wildman–Crippen MR) is 104 cm³/mol. The molecule has 28 heavy (non-hydrogen) atoms. The van der Waals surface area contributed by atoms with Crippen LogP contribution in [0.2, 0.25) is 10.0 Å². The van der Waals surface area contributed by atoms with Gasteiger partial charge in [-0.2, -0.15) is 5.10 Å². The van der Waals surface area contributed by atoms with Crippen LogP contribution in [0.15, 0.2) is 35.4 Å². The van der Waals surface area contributed by atoms with Crippen molar-refractivity contribution in [1.29, 1.82) is 0 Å². The summed E-state index contributed by atoms with van der Waals surface area (Å²) < 4.78 is 10.3. The summed E-state index contributed by atoms with van der Waals surface area (Å²) in [7, 11) is 1.25. The molecule has 2 N–H and O–H groups in total. The molecule has 0 radical (unpaired) electrons. The molecule has 0 saturated carbocycles. The van der Waals surface area contributed by atoms with E-state index in [0.717, 1.165) is 12.3 Å². The van der Waals surface area contributed by atoms with E-state index >= 15 is 0 Å². The molecule has 148 valence electrons. The third kappa shape index (κ3) is 5.24. The highest BCUT2D eigenvalue weighted by molar-refractivity contribution is 6.35. The van der Waals surface area contributed by atoms with Crippen LogP contribution < -0.4 is 14.9 Å². The van der Waals surface area contributed by atoms with Gasteiger partial charge in [-0.25, -0.2) is 5.43 Å². The largest absolute Gasteiger partial charge is 0.500 e. The van der Waals surface area contributed by atoms with Crippen LogP contribution in [0.5, 0.6) is 17.2 Å². The Labute approximate surface area is 169 Å². The molecule has 0 spiro atoms. The molecule has 0 aliphatic heterocycles. The lowest BCUT2D eigenvalue weighted by Crippen LogP contribution is -2.33. The van der Waals surface area contributed by atoms with Crippen LogP contribution in [0.25, 0.3) is 0 Å². The second kappa shape index (κ2) is 9.25. The molecule has 0 aliphatic rings. The summed E-state index contributed by atoms with van der Waals surface area (Å²) in [6.45, 7) is 1.49. The van der Waals surface area contributed by atoms with Crippen LogP contribution in [-0.4, -0.2) is 35.4 Å². The van der Waals surface area contributed by atoms with Crippen molar-refractivity contribution in [3.8, 4) is 17.2 Å². The van der Waals surface area contributed by atoms with E-state index in [4.69, 9.17) is 32.7 Å². The van der Waals surface area contributed by atoms with Crippen LogP contribution in [0.4, 0.5) is 5.69 Å². The van der Waals surface area contributed by atoms with Gasteiger partial charge in [0.1, 0.15) is 5.75 Å². The van der Waals surface area contributed by atoms with Gasteiger partial charge in [0, 0.05) is 16.7 Å². The quantitative estimate of drug-likeness (QED) is 0.395. The number of nitrogens with zero attached hydrogens (tertiary/aromatic N) is 2. The van der Waals surface area contributed by atoms with Gasteiger partial charge in [-0.15, -0.1) is 0 Å². The molecule has 0 bridgehead atoms. The number of hydrogen-bond acceptors (Lipinski definition) is 7. The van der Waals surface area contributed by atoms with Gasteiger partial charge < -0.3 is 14.6 Å². The van der Waals surface area contributed by atoms with Crippen LogP contribution in [0.3, 0.4) is 0 Å². The number of nitro benzene ring substituents is 1. The van der Waals surface area contributed by atoms with Gasteiger partial charge in [-0.3, -0.25) is 14.9 Å². The van der Waals surface area contributed by atoms with E-state index in [-0.39, 0.29) is 22.1 Å². The molecule has 0 aromatic heterocycles. The Morgan fingerprint density at radius 2 is 2.04 bits per heavy atom. The number of ether oxygens (including phenoxy) is 2. The third-order valence-electron chi connectivity index (χ3n) is 3.45. The molecule has 2 aromatic carbocycles. The van der Waals surface area contributed by atoms with E-state index in [1.54, 1.807) is 6.07 Å². The summed E-state index contributed by atoms with van der Waals surface area (Å²) in [5.74, 6) is -1.01. The standard InChI is InChI=1S/C17H15Cl2N3O6/c1-9(28-14-4-3-11(18)7-12(14)19)17(24)21-20-8-10-5-13(22(25)26)16(23)15(6-10)27-2/h3-9,23H,1-2H3,(H,21,24)/b20-8+/t9-/m1/s1. The first-order chi connectivity index (χ1) is 13.2. The molecule has 1 atom stereocenters. The van der Waals surface area contributed by atoms with Crippen molar-refractivity contribution in [2.24, 2.45) is 5.10 Å². The zero-order valence-electron chi connectivity index (χ0n) is 14.7. The van der Waals surface area contributed by atoms with Crippen molar-refractivity contribution >= 4 is 41.0 Å². The Kier molecular flexibility index (Phi) is 7.02. The highest BCUT2D eigenvalue weighted by Crippen LogP contribution is 2.36. The number of hydrogen-bond donors (Lipinski definition) is 2. The average Bonchev–Trinajstić information content (AvgIpc) is 2.64. The van der Waals surface area contributed by atoms with Gasteiger partial charge in [0.15, 0.2) is 11.9 Å². The molecule has 0 heterocycles. The summed E-state index contributed by atoms with van der Waals surface area (Å²) >= 11 is 11.8. The third-order valence-corrected chi connectivity index (χ3v) is 3.98. The topological polar surface area (TPSA) is 123 Å². The molecule has 0 fully saturated rings. The molecular formula is C17H15Cl2N3O6. The fourth-order valence-corrected chi connectivity index (χ4v) is 2.51. The maximum Gasteiger partial charge on any atom is 0.315 e. The minimum Gasteiger partial charge on any atom is -0.500 e. The van der Waals surface area contributed by atoms with E-state index in [9.17, 15) is 20.0 Å². The Bertz CT molecular complexity index is 935. The van der Waals surface area contributed by atoms with Crippen molar-refractivity contribution in [1.82, 2.24) is 5.43 Å². The number of carbonyl (C=O) groups excluding carboxylic acids is 1. The first-order valence-electron chi connectivity index (χ1n) is 7.73. The van der Waals surface area contributed by atoms with Crippen molar-refractivity contribution in [3.05, 3.63) is 56.1 Å². The van der Waals surface area contributed by atoms with Crippen molar-refractivity contribution < 1.29 is 24.3 Å². The molecule has 2 rings (SSSR count). The zero-order valence-corrected chi connectivity index (χ0v) is 16.2. The van der Waals surface area contributed by atoms with Crippen LogP contribution >= 0.6 is 23.2 Å². The monoisotopic (exact) mass is 427 g/mol. The van der Waals surface area contributed by atoms with E-state index in [2.05, 4.69) is 10.5 Å². The summed E-state index contributed by atoms with van der Waals surface area (Å²) in [5, 5.41) is 25.1. The van der Waals surface area contributed by atoms with Crippen molar-refractivity contribution in [3.63, 3.8) is 0 Å². The number of carbonyl (C=O) groups is 1. The first-order valence-corrected chi connectivity index (χ1v) is 8.48. The van der Waals surface area contributed by atoms with Gasteiger partial charge in [0.2, 0.25) is 5.75 Å². The van der Waals surface area contributed by atoms with Crippen LogP contribution in [0, 0.1) is 10.1 Å². The Balaban J connectivity index is 2.06. The molecular weight excluding hydrogens is 413 g/mol. The maximum absolute atomic E-state index is 12.1. The lowest BCUT2D eigenvalue weighted by molar-refractivity contribution is -0.386. The van der Waals surface area contributed by atoms with E-state index in [0.29, 0.717) is 5.02 Å². The highest BCUT2D eigenvalue weighted by atomic mass is 35.5. The van der Waals surface area contributed by atoms with Crippen molar-refractivity contribution in [2.75, 3.05) is 7.11 Å². The molecule has 1 amide bonds. The minimum absolute atomic E-state index is 0.101. The SMILES string of the molecule is COc1cc(/C=N/NC(=O)[C@@H](C)Oc2ccc(Cl)cc2Cl)cc([N+](=O)[O-])c1O. The first kappa shape index (κ1) is 21.3. The summed E-state index contributed by atoms with van der Waals surface area (Å²) in [4.78, 5) is 22.3. The Hall–Kier alpha value is -3.04. The number of amides is 1. The van der Waals surface area contributed by atoms with Gasteiger partial charge in [-0.1, -0.05) is 23.2 Å². The Morgan fingerprint density at radius 3 is 2.64 bits per heavy atom. The fraction of sp³-hybridized carbons (Fsp3) is 0.176. The summed E-state index contributed by atoms with van der Waals surface area (Å²) in [6, 6.07) is 6.98. The van der Waals surface area contributed by atoms with Gasteiger partial charge in [0.05, 0.1) is 23.3 Å². The van der Waals surface area contributed by atoms with Crippen molar-refractivity contribution in [2.45, 2.75) is 13.0 Å². The number of hydrazone groups is 1. The zero-order chi connectivity index (χ0) is 20.8. The van der Waals surface area contributed by atoms with Crippen LogP contribution in [-0.2, 0) is 4.79 Å². The molecule has 11 heteroatoms. The second-order valence-electron chi connectivity index (χ2n) is 5.42. The number of aromatic hydroxyl groups is 1. The number of benzene rings is 2. The van der Waals surface area contributed by atoms with E-state index < -0.39 is 28.4 Å². The predicted octanol–water partition coefficient (Wildman–Crippen LogP) is 3.53. The fourth-order valence-electron chi connectivity index (χ4n) is 2.06. The molecule has 2 aromatic rings. The van der Waals surface area contributed by atoms with E-state index in [1.807, 2.05) is 0 Å². The smallest absolute Gasteiger partial charge is 0.315 e. The molecule has 0 unspecified atom stereocenters. The van der Waals surface area contributed by atoms with E-state index in [1.165, 1.54) is 32.2 Å². The number of phenolic OH excluding ortho intramolecular Hbond substituents is 1. The number of methoxy groups -OCH3 is 1. The van der Waals surface area contributed by atoms with Crippen LogP contribution in [0.1, 0.15) is 12.5 Å². The number of rotatable bonds is 7. The molecule has 0 aliphatic carbocycles. The lowest BCUT2D eigenvalue weighted by atomic mass is 10.2. The number of phenols is 1. The number of halogens is 2. The Morgan fingerprint density at radius 1 is 1.32 bits per heavy atom. The summed E-state index contributed by atoms with van der Waals surface area (Å²) in [6.07, 6.45) is 0.231. The van der Waals surface area contributed by atoms with Gasteiger partial charge >= 0.3 is 5.69 Å². The van der Waals surface area contributed by atoms with Gasteiger partial charge in [0.25, 0.3) is 5.91 Å². The normalized spacial score (nSPS) is 11.9. The highest BCUT2D eigenvalue weighted by Gasteiger charge is 2.19. The van der Waals surface area contributed by atoms with Gasteiger partial charge in [-0.05, 0) is 31.2 Å². The maximum atomic E-state index is 12.1. The minimum atomic E-state index is -0.931. The average molecular weight is 428 g/mol. The second-order valence-corrected chi connectivity index (χ2v) is 6.26. The number of nitrogens with one attached hydrogen (secondary N) is 1. The molecule has 9 nitrogen and oxygen atoms in total. The molecule has 0 saturated heterocycles. The summed E-state index contributed by atoms with van der Waals surface area (Å²) in [5.41, 5.74) is 1.92. The number of nitro groups is 1. The lowest BCUT2D eigenvalue weighted by Gasteiger charge is -2.14.